The summed E-state index contributed by atoms with van der Waals surface area (Å²) in [5, 5.41) is 14.2. The van der Waals surface area contributed by atoms with Crippen LogP contribution in [0.3, 0.4) is 0 Å². The second-order valence-electron chi connectivity index (χ2n) is 5.88. The third kappa shape index (κ3) is 2.97. The fourth-order valence-electron chi connectivity index (χ4n) is 2.90. The highest BCUT2D eigenvalue weighted by atomic mass is 32.2. The number of ether oxygens (including phenoxy) is 1. The molecular formula is C17H18N4O5S. The van der Waals surface area contributed by atoms with Gasteiger partial charge >= 0.3 is 5.97 Å². The maximum Gasteiger partial charge on any atom is 0.339 e. The molecule has 0 radical (unpaired) electrons. The molecule has 0 fully saturated rings. The quantitative estimate of drug-likeness (QED) is 0.706. The Morgan fingerprint density at radius 1 is 1.26 bits per heavy atom. The van der Waals surface area contributed by atoms with Crippen molar-refractivity contribution in [2.45, 2.75) is 11.8 Å². The molecular weight excluding hydrogens is 372 g/mol. The van der Waals surface area contributed by atoms with Crippen molar-refractivity contribution in [1.29, 1.82) is 0 Å². The van der Waals surface area contributed by atoms with Crippen molar-refractivity contribution in [1.82, 2.24) is 14.8 Å². The molecule has 0 amide bonds. The predicted molar refractivity (Wildman–Crippen MR) is 98.8 cm³/mol. The van der Waals surface area contributed by atoms with Crippen molar-refractivity contribution in [3.8, 4) is 5.75 Å². The molecule has 27 heavy (non-hydrogen) atoms. The number of carboxylic acids is 1. The Labute approximate surface area is 155 Å². The molecule has 0 bridgehead atoms. The summed E-state index contributed by atoms with van der Waals surface area (Å²) in [4.78, 5) is 15.9. The number of hydrogen-bond acceptors (Lipinski definition) is 6. The highest BCUT2D eigenvalue weighted by Gasteiger charge is 2.29. The van der Waals surface area contributed by atoms with E-state index in [-0.39, 0.29) is 16.1 Å². The van der Waals surface area contributed by atoms with E-state index in [0.717, 1.165) is 10.5 Å². The molecule has 3 aromatic rings. The van der Waals surface area contributed by atoms with E-state index in [1.165, 1.54) is 43.1 Å². The van der Waals surface area contributed by atoms with Crippen molar-refractivity contribution >= 4 is 32.7 Å². The number of carboxylic acid groups (broad SMARTS) is 1. The smallest absolute Gasteiger partial charge is 0.339 e. The summed E-state index contributed by atoms with van der Waals surface area (Å²) in [7, 11) is 0.427. The van der Waals surface area contributed by atoms with Crippen LogP contribution in [0.25, 0.3) is 11.0 Å². The summed E-state index contributed by atoms with van der Waals surface area (Å²) < 4.78 is 33.7. The summed E-state index contributed by atoms with van der Waals surface area (Å²) in [5.74, 6) is -0.767. The van der Waals surface area contributed by atoms with E-state index in [1.807, 2.05) is 0 Å². The van der Waals surface area contributed by atoms with Gasteiger partial charge in [0.1, 0.15) is 11.3 Å². The average Bonchev–Trinajstić information content (AvgIpc) is 2.94. The van der Waals surface area contributed by atoms with Gasteiger partial charge in [0.2, 0.25) is 0 Å². The van der Waals surface area contributed by atoms with Gasteiger partial charge in [0.25, 0.3) is 10.0 Å². The van der Waals surface area contributed by atoms with E-state index in [2.05, 4.69) is 10.1 Å². The normalized spacial score (nSPS) is 11.6. The molecule has 0 saturated heterocycles. The number of methoxy groups -OCH3 is 1. The van der Waals surface area contributed by atoms with Crippen LogP contribution in [-0.4, -0.2) is 48.4 Å². The lowest BCUT2D eigenvalue weighted by atomic mass is 10.1. The number of aryl methyl sites for hydroxylation is 2. The number of anilines is 1. The molecule has 2 heterocycles. The molecule has 10 heteroatoms. The van der Waals surface area contributed by atoms with Gasteiger partial charge in [0, 0.05) is 20.3 Å². The summed E-state index contributed by atoms with van der Waals surface area (Å²) in [5.41, 5.74) is 0.672. The lowest BCUT2D eigenvalue weighted by molar-refractivity contribution is 0.0697. The average molecular weight is 390 g/mol. The molecule has 142 valence electrons. The third-order valence-corrected chi connectivity index (χ3v) is 6.03. The number of sulfonamides is 1. The summed E-state index contributed by atoms with van der Waals surface area (Å²) in [6.45, 7) is 1.67. The number of pyridine rings is 1. The molecule has 2 aromatic heterocycles. The summed E-state index contributed by atoms with van der Waals surface area (Å²) in [6.07, 6.45) is 1.14. The van der Waals surface area contributed by atoms with Gasteiger partial charge in [-0.2, -0.15) is 5.10 Å². The van der Waals surface area contributed by atoms with Crippen LogP contribution < -0.4 is 9.04 Å². The number of carbonyl (C=O) groups is 1. The van der Waals surface area contributed by atoms with E-state index < -0.39 is 16.0 Å². The predicted octanol–water partition coefficient (Wildman–Crippen LogP) is 1.81. The molecule has 9 nitrogen and oxygen atoms in total. The molecule has 0 atom stereocenters. The van der Waals surface area contributed by atoms with E-state index in [9.17, 15) is 18.3 Å². The first-order valence-corrected chi connectivity index (χ1v) is 9.31. The minimum atomic E-state index is -4.02. The summed E-state index contributed by atoms with van der Waals surface area (Å²) in [6, 6.07) is 5.85. The lowest BCUT2D eigenvalue weighted by Gasteiger charge is -2.22. The topological polar surface area (TPSA) is 115 Å². The van der Waals surface area contributed by atoms with Crippen molar-refractivity contribution in [2.75, 3.05) is 18.5 Å². The van der Waals surface area contributed by atoms with E-state index in [0.29, 0.717) is 22.5 Å². The standard InChI is InChI=1S/C17H18N4O5S/c1-10-14-15(13(17(22)23)9-18-16(14)20(2)19-10)21(3)27(24,25)12-7-5-11(26-4)6-8-12/h5-9H,1-4H3,(H,22,23). The molecule has 0 aliphatic rings. The van der Waals surface area contributed by atoms with Crippen LogP contribution >= 0.6 is 0 Å². The first-order chi connectivity index (χ1) is 12.7. The van der Waals surface area contributed by atoms with Gasteiger partial charge in [0.15, 0.2) is 5.65 Å². The van der Waals surface area contributed by atoms with Gasteiger partial charge in [-0.05, 0) is 31.2 Å². The van der Waals surface area contributed by atoms with Crippen LogP contribution in [0.1, 0.15) is 16.1 Å². The maximum atomic E-state index is 13.1. The van der Waals surface area contributed by atoms with Gasteiger partial charge in [-0.15, -0.1) is 0 Å². The highest BCUT2D eigenvalue weighted by Crippen LogP contribution is 2.34. The van der Waals surface area contributed by atoms with E-state index in [4.69, 9.17) is 4.74 Å². The van der Waals surface area contributed by atoms with E-state index >= 15 is 0 Å². The Morgan fingerprint density at radius 2 is 1.89 bits per heavy atom. The molecule has 0 aliphatic heterocycles. The highest BCUT2D eigenvalue weighted by molar-refractivity contribution is 7.92. The largest absolute Gasteiger partial charge is 0.497 e. The zero-order valence-electron chi connectivity index (χ0n) is 15.2. The lowest BCUT2D eigenvalue weighted by Crippen LogP contribution is -2.28. The Kier molecular flexibility index (Phi) is 4.52. The number of benzene rings is 1. The maximum absolute atomic E-state index is 13.1. The van der Waals surface area contributed by atoms with Crippen molar-refractivity contribution in [2.24, 2.45) is 7.05 Å². The number of rotatable bonds is 5. The zero-order valence-corrected chi connectivity index (χ0v) is 16.0. The molecule has 3 rings (SSSR count). The fraction of sp³-hybridized carbons (Fsp3) is 0.235. The minimum absolute atomic E-state index is 0.00800. The molecule has 1 N–H and O–H groups in total. The molecule has 0 aliphatic carbocycles. The first-order valence-electron chi connectivity index (χ1n) is 7.87. The molecule has 0 spiro atoms. The number of hydrogen-bond donors (Lipinski definition) is 1. The van der Waals surface area contributed by atoms with Gasteiger partial charge < -0.3 is 9.84 Å². The zero-order chi connectivity index (χ0) is 19.9. The second kappa shape index (κ2) is 6.54. The van der Waals surface area contributed by atoms with Crippen LogP contribution in [0.5, 0.6) is 5.75 Å². The minimum Gasteiger partial charge on any atom is -0.497 e. The van der Waals surface area contributed by atoms with Crippen LogP contribution in [-0.2, 0) is 17.1 Å². The van der Waals surface area contributed by atoms with Crippen molar-refractivity contribution < 1.29 is 23.1 Å². The number of aromatic nitrogens is 3. The number of nitrogens with zero attached hydrogens (tertiary/aromatic N) is 4. The van der Waals surface area contributed by atoms with Crippen LogP contribution in [0.4, 0.5) is 5.69 Å². The SMILES string of the molecule is COc1ccc(S(=O)(=O)N(C)c2c(C(=O)O)cnc3c2c(C)nn3C)cc1. The number of aromatic carboxylic acids is 1. The second-order valence-corrected chi connectivity index (χ2v) is 7.85. The molecule has 0 saturated carbocycles. The third-order valence-electron chi connectivity index (χ3n) is 4.26. The van der Waals surface area contributed by atoms with Gasteiger partial charge in [-0.1, -0.05) is 0 Å². The Bertz CT molecular complexity index is 1140. The van der Waals surface area contributed by atoms with Crippen molar-refractivity contribution in [3.63, 3.8) is 0 Å². The van der Waals surface area contributed by atoms with Crippen LogP contribution in [0.15, 0.2) is 35.4 Å². The van der Waals surface area contributed by atoms with Gasteiger partial charge in [-0.25, -0.2) is 18.2 Å². The van der Waals surface area contributed by atoms with Crippen LogP contribution in [0.2, 0.25) is 0 Å². The molecule has 0 unspecified atom stereocenters. The Hall–Kier alpha value is -3.14. The first kappa shape index (κ1) is 18.6. The monoisotopic (exact) mass is 390 g/mol. The van der Waals surface area contributed by atoms with Gasteiger partial charge in [-0.3, -0.25) is 8.99 Å². The molecule has 1 aromatic carbocycles. The number of fused-ring (bicyclic) bond motifs is 1. The van der Waals surface area contributed by atoms with Gasteiger partial charge in [0.05, 0.1) is 28.8 Å². The Balaban J connectivity index is 2.26. The van der Waals surface area contributed by atoms with Crippen LogP contribution in [0, 0.1) is 6.92 Å². The van der Waals surface area contributed by atoms with E-state index in [1.54, 1.807) is 14.0 Å². The fourth-order valence-corrected chi connectivity index (χ4v) is 4.13. The Morgan fingerprint density at radius 3 is 2.44 bits per heavy atom. The van der Waals surface area contributed by atoms with Crippen molar-refractivity contribution in [3.05, 3.63) is 41.7 Å². The summed E-state index contributed by atoms with van der Waals surface area (Å²) >= 11 is 0.